The summed E-state index contributed by atoms with van der Waals surface area (Å²) >= 11 is 0. The second kappa shape index (κ2) is 55.3. The lowest BCUT2D eigenvalue weighted by Crippen LogP contribution is -2.30. The fraction of sp³-hybridized carbons (Fsp3) is 0.951. The summed E-state index contributed by atoms with van der Waals surface area (Å²) in [5, 5.41) is 0. The first-order valence-corrected chi connectivity index (χ1v) is 30.4. The molecule has 0 N–H and O–H groups in total. The molecular weight excluding hydrogens is 829 g/mol. The summed E-state index contributed by atoms with van der Waals surface area (Å²) in [5.74, 6) is 0.0770. The van der Waals surface area contributed by atoms with Crippen LogP contribution in [-0.2, 0) is 28.6 Å². The molecule has 1 unspecified atom stereocenters. The highest BCUT2D eigenvalue weighted by molar-refractivity contribution is 5.71. The lowest BCUT2D eigenvalue weighted by Gasteiger charge is -2.18. The molecule has 0 amide bonds. The molecule has 6 heteroatoms. The number of unbranched alkanes of at least 4 members (excludes halogenated alkanes) is 42. The minimum atomic E-state index is -0.762. The Balaban J connectivity index is 4.23. The normalized spacial score (nSPS) is 12.4. The highest BCUT2D eigenvalue weighted by Gasteiger charge is 2.19. The molecule has 6 nitrogen and oxygen atoms in total. The van der Waals surface area contributed by atoms with Gasteiger partial charge in [0.2, 0.25) is 0 Å². The highest BCUT2D eigenvalue weighted by Crippen LogP contribution is 2.19. The molecule has 0 fully saturated rings. The molecule has 0 heterocycles. The third-order valence-corrected chi connectivity index (χ3v) is 14.4. The topological polar surface area (TPSA) is 78.9 Å². The zero-order valence-electron chi connectivity index (χ0n) is 45.9. The molecule has 0 aromatic carbocycles. The summed E-state index contributed by atoms with van der Waals surface area (Å²) in [6, 6.07) is 0. The Kier molecular flexibility index (Phi) is 54.0. The average Bonchev–Trinajstić information content (AvgIpc) is 3.33. The molecule has 398 valence electrons. The predicted molar refractivity (Wildman–Crippen MR) is 289 cm³/mol. The van der Waals surface area contributed by atoms with E-state index in [1.807, 2.05) is 0 Å². The summed E-state index contributed by atoms with van der Waals surface area (Å²) < 4.78 is 16.9. The van der Waals surface area contributed by atoms with Crippen molar-refractivity contribution in [1.29, 1.82) is 0 Å². The summed E-state index contributed by atoms with van der Waals surface area (Å²) in [5.41, 5.74) is 0. The Morgan fingerprint density at radius 3 is 0.776 bits per heavy atom. The van der Waals surface area contributed by atoms with Gasteiger partial charge in [-0.15, -0.1) is 0 Å². The van der Waals surface area contributed by atoms with Crippen molar-refractivity contribution in [3.8, 4) is 0 Å². The number of carbonyl (C=O) groups excluding carboxylic acids is 3. The number of rotatable bonds is 56. The molecule has 67 heavy (non-hydrogen) atoms. The SMILES string of the molecule is CCCCCCCCCCCCCCCCCC(=O)OC[C@H](COC(=O)CCCCCCCCCCCCCC)OC(=O)CCCCCCCCCCCCCCCCCCCCC(C)CC. The van der Waals surface area contributed by atoms with Crippen molar-refractivity contribution in [2.75, 3.05) is 13.2 Å². The van der Waals surface area contributed by atoms with Gasteiger partial charge < -0.3 is 14.2 Å². The van der Waals surface area contributed by atoms with Crippen LogP contribution < -0.4 is 0 Å². The fourth-order valence-corrected chi connectivity index (χ4v) is 9.42. The molecule has 0 rings (SSSR count). The maximum atomic E-state index is 12.9. The molecule has 0 aliphatic carbocycles. The molecule has 0 bridgehead atoms. The van der Waals surface area contributed by atoms with Crippen LogP contribution in [0.1, 0.15) is 349 Å². The van der Waals surface area contributed by atoms with Gasteiger partial charge in [-0.3, -0.25) is 14.4 Å². The lowest BCUT2D eigenvalue weighted by molar-refractivity contribution is -0.167. The smallest absolute Gasteiger partial charge is 0.306 e. The van der Waals surface area contributed by atoms with E-state index in [1.165, 1.54) is 244 Å². The van der Waals surface area contributed by atoms with Crippen LogP contribution in [0.25, 0.3) is 0 Å². The van der Waals surface area contributed by atoms with Crippen molar-refractivity contribution >= 4 is 17.9 Å². The Morgan fingerprint density at radius 1 is 0.299 bits per heavy atom. The van der Waals surface area contributed by atoms with Crippen molar-refractivity contribution in [3.63, 3.8) is 0 Å². The van der Waals surface area contributed by atoms with Crippen molar-refractivity contribution in [2.24, 2.45) is 5.92 Å². The average molecular weight is 948 g/mol. The number of hydrogen-bond acceptors (Lipinski definition) is 6. The van der Waals surface area contributed by atoms with Gasteiger partial charge in [0.05, 0.1) is 0 Å². The molecule has 0 aliphatic rings. The first kappa shape index (κ1) is 65.4. The first-order chi connectivity index (χ1) is 32.9. The minimum absolute atomic E-state index is 0.0615. The van der Waals surface area contributed by atoms with E-state index >= 15 is 0 Å². The molecule has 0 aromatic heterocycles. The van der Waals surface area contributed by atoms with Gasteiger partial charge in [0, 0.05) is 19.3 Å². The van der Waals surface area contributed by atoms with Gasteiger partial charge in [-0.25, -0.2) is 0 Å². The van der Waals surface area contributed by atoms with Crippen LogP contribution in [0, 0.1) is 5.92 Å². The van der Waals surface area contributed by atoms with Crippen LogP contribution >= 0.6 is 0 Å². The van der Waals surface area contributed by atoms with Crippen LogP contribution in [0.5, 0.6) is 0 Å². The third-order valence-electron chi connectivity index (χ3n) is 14.4. The van der Waals surface area contributed by atoms with E-state index in [0.717, 1.165) is 63.7 Å². The zero-order chi connectivity index (χ0) is 48.8. The zero-order valence-corrected chi connectivity index (χ0v) is 45.9. The van der Waals surface area contributed by atoms with Crippen molar-refractivity contribution in [1.82, 2.24) is 0 Å². The second-order valence-corrected chi connectivity index (χ2v) is 21.2. The van der Waals surface area contributed by atoms with Gasteiger partial charge in [0.15, 0.2) is 6.10 Å². The van der Waals surface area contributed by atoms with Gasteiger partial charge >= 0.3 is 17.9 Å². The summed E-state index contributed by atoms with van der Waals surface area (Å²) in [6.45, 7) is 9.11. The summed E-state index contributed by atoms with van der Waals surface area (Å²) in [6.07, 6.45) is 60.9. The summed E-state index contributed by atoms with van der Waals surface area (Å²) in [7, 11) is 0. The van der Waals surface area contributed by atoms with E-state index in [0.29, 0.717) is 19.3 Å². The molecule has 0 saturated heterocycles. The Morgan fingerprint density at radius 2 is 0.522 bits per heavy atom. The number of hydrogen-bond donors (Lipinski definition) is 0. The maximum absolute atomic E-state index is 12.9. The van der Waals surface area contributed by atoms with Crippen LogP contribution in [-0.4, -0.2) is 37.2 Å². The molecule has 0 radical (unpaired) electrons. The van der Waals surface area contributed by atoms with Gasteiger partial charge in [0.1, 0.15) is 13.2 Å². The molecule has 2 atom stereocenters. The van der Waals surface area contributed by atoms with Crippen LogP contribution in [0.3, 0.4) is 0 Å². The largest absolute Gasteiger partial charge is 0.462 e. The number of carbonyl (C=O) groups is 3. The van der Waals surface area contributed by atoms with Gasteiger partial charge in [0.25, 0.3) is 0 Å². The lowest BCUT2D eigenvalue weighted by atomic mass is 9.99. The van der Waals surface area contributed by atoms with E-state index in [-0.39, 0.29) is 31.1 Å². The van der Waals surface area contributed by atoms with Crippen LogP contribution in [0.2, 0.25) is 0 Å². The molecule has 0 aliphatic heterocycles. The van der Waals surface area contributed by atoms with Crippen molar-refractivity contribution in [3.05, 3.63) is 0 Å². The fourth-order valence-electron chi connectivity index (χ4n) is 9.42. The second-order valence-electron chi connectivity index (χ2n) is 21.2. The predicted octanol–water partition coefficient (Wildman–Crippen LogP) is 20.2. The number of esters is 3. The first-order valence-electron chi connectivity index (χ1n) is 30.4. The standard InChI is InChI=1S/C61H118O6/c1-5-8-10-12-14-16-18-20-25-29-33-37-41-45-49-53-60(63)66-56-58(55-65-59(62)52-48-44-40-36-32-19-17-15-13-11-9-6-2)67-61(64)54-50-46-42-38-34-30-27-24-22-21-23-26-28-31-35-39-43-47-51-57(4)7-3/h57-58H,5-56H2,1-4H3/t57?,58-/m0/s1. The molecular formula is C61H118O6. The Bertz CT molecular complexity index is 1010. The van der Waals surface area contributed by atoms with E-state index in [4.69, 9.17) is 14.2 Å². The minimum Gasteiger partial charge on any atom is -0.462 e. The third kappa shape index (κ3) is 53.6. The maximum Gasteiger partial charge on any atom is 0.306 e. The number of ether oxygens (including phenoxy) is 3. The monoisotopic (exact) mass is 947 g/mol. The van der Waals surface area contributed by atoms with E-state index in [1.54, 1.807) is 0 Å². The highest BCUT2D eigenvalue weighted by atomic mass is 16.6. The van der Waals surface area contributed by atoms with Crippen molar-refractivity contribution in [2.45, 2.75) is 355 Å². The van der Waals surface area contributed by atoms with Gasteiger partial charge in [-0.1, -0.05) is 310 Å². The quantitative estimate of drug-likeness (QED) is 0.0343. The molecule has 0 aromatic rings. The van der Waals surface area contributed by atoms with Gasteiger partial charge in [-0.2, -0.15) is 0 Å². The Hall–Kier alpha value is -1.59. The van der Waals surface area contributed by atoms with E-state index < -0.39 is 6.10 Å². The summed E-state index contributed by atoms with van der Waals surface area (Å²) in [4.78, 5) is 38.2. The Labute approximate surface area is 418 Å². The van der Waals surface area contributed by atoms with E-state index in [9.17, 15) is 14.4 Å². The van der Waals surface area contributed by atoms with Crippen LogP contribution in [0.4, 0.5) is 0 Å². The van der Waals surface area contributed by atoms with Crippen LogP contribution in [0.15, 0.2) is 0 Å². The molecule has 0 spiro atoms. The van der Waals surface area contributed by atoms with Gasteiger partial charge in [-0.05, 0) is 25.2 Å². The van der Waals surface area contributed by atoms with Crippen molar-refractivity contribution < 1.29 is 28.6 Å². The molecule has 0 saturated carbocycles. The van der Waals surface area contributed by atoms with E-state index in [2.05, 4.69) is 27.7 Å².